The van der Waals surface area contributed by atoms with E-state index in [-0.39, 0.29) is 6.42 Å². The number of hydrogen-bond donors (Lipinski definition) is 1. The Morgan fingerprint density at radius 2 is 2.14 bits per heavy atom. The lowest BCUT2D eigenvalue weighted by Gasteiger charge is -2.31. The van der Waals surface area contributed by atoms with E-state index in [9.17, 15) is 18.0 Å². The monoisotopic (exact) mass is 320 g/mol. The molecule has 0 aliphatic heterocycles. The van der Waals surface area contributed by atoms with Crippen LogP contribution in [0, 0.1) is 18.8 Å². The molecule has 1 aromatic heterocycles. The molecule has 1 fully saturated rings. The quantitative estimate of drug-likeness (QED) is 0.923. The lowest BCUT2D eigenvalue weighted by atomic mass is 9.78. The van der Waals surface area contributed by atoms with Crippen molar-refractivity contribution in [1.29, 1.82) is 0 Å². The average molecular weight is 320 g/mol. The Kier molecular flexibility index (Phi) is 5.24. The van der Waals surface area contributed by atoms with Crippen LogP contribution in [0.3, 0.4) is 0 Å². The molecular weight excluding hydrogens is 301 g/mol. The van der Waals surface area contributed by atoms with E-state index in [1.165, 1.54) is 11.3 Å². The Morgan fingerprint density at radius 1 is 1.43 bits per heavy atom. The fraction of sp³-hybridized carbons (Fsp3) is 0.714. The van der Waals surface area contributed by atoms with Crippen LogP contribution in [0.25, 0.3) is 0 Å². The molecule has 2 atom stereocenters. The van der Waals surface area contributed by atoms with Gasteiger partial charge in [-0.15, -0.1) is 11.3 Å². The fourth-order valence-corrected chi connectivity index (χ4v) is 3.45. The summed E-state index contributed by atoms with van der Waals surface area (Å²) in [4.78, 5) is 16.3. The molecule has 0 saturated heterocycles. The summed E-state index contributed by atoms with van der Waals surface area (Å²) < 4.78 is 38.9. The number of nitrogens with zero attached hydrogens (tertiary/aromatic N) is 1. The number of rotatable bonds is 4. The Balaban J connectivity index is 1.86. The van der Waals surface area contributed by atoms with E-state index in [1.807, 2.05) is 12.3 Å². The van der Waals surface area contributed by atoms with Crippen molar-refractivity contribution >= 4 is 17.2 Å². The summed E-state index contributed by atoms with van der Waals surface area (Å²) >= 11 is 1.52. The van der Waals surface area contributed by atoms with Crippen molar-refractivity contribution in [1.82, 2.24) is 10.3 Å². The van der Waals surface area contributed by atoms with Crippen LogP contribution < -0.4 is 5.32 Å². The zero-order chi connectivity index (χ0) is 15.5. The van der Waals surface area contributed by atoms with Gasteiger partial charge in [0.1, 0.15) is 0 Å². The van der Waals surface area contributed by atoms with Crippen LogP contribution >= 0.6 is 11.3 Å². The molecule has 1 N–H and O–H groups in total. The van der Waals surface area contributed by atoms with Crippen molar-refractivity contribution in [2.45, 2.75) is 45.2 Å². The largest absolute Gasteiger partial charge is 0.392 e. The van der Waals surface area contributed by atoms with Gasteiger partial charge in [0.05, 0.1) is 16.6 Å². The second-order valence-corrected chi connectivity index (χ2v) is 6.50. The first-order valence-electron chi connectivity index (χ1n) is 7.13. The number of carbonyl (C=O) groups excluding carboxylic acids is 1. The number of aryl methyl sites for hydroxylation is 1. The topological polar surface area (TPSA) is 42.0 Å². The molecule has 0 radical (unpaired) electrons. The van der Waals surface area contributed by atoms with E-state index in [4.69, 9.17) is 0 Å². The minimum absolute atomic E-state index is 0.0624. The molecule has 0 unspecified atom stereocenters. The van der Waals surface area contributed by atoms with Crippen LogP contribution in [0.2, 0.25) is 0 Å². The first kappa shape index (κ1) is 16.3. The predicted molar refractivity (Wildman–Crippen MR) is 75.1 cm³/mol. The number of aromatic nitrogens is 1. The Bertz CT molecular complexity index is 487. The number of amides is 1. The van der Waals surface area contributed by atoms with Crippen molar-refractivity contribution in [2.75, 3.05) is 6.54 Å². The maximum Gasteiger partial charge on any atom is 0.392 e. The first-order valence-corrected chi connectivity index (χ1v) is 8.01. The normalized spacial score (nSPS) is 23.0. The van der Waals surface area contributed by atoms with Crippen molar-refractivity contribution < 1.29 is 18.0 Å². The van der Waals surface area contributed by atoms with Crippen LogP contribution in [-0.2, 0) is 11.2 Å². The van der Waals surface area contributed by atoms with Crippen LogP contribution in [0.4, 0.5) is 13.2 Å². The highest BCUT2D eigenvalue weighted by atomic mass is 32.1. The third-order valence-corrected chi connectivity index (χ3v) is 4.69. The molecule has 1 aromatic rings. The van der Waals surface area contributed by atoms with Gasteiger partial charge in [-0.05, 0) is 19.8 Å². The lowest BCUT2D eigenvalue weighted by molar-refractivity contribution is -0.198. The first-order chi connectivity index (χ1) is 9.88. The van der Waals surface area contributed by atoms with Gasteiger partial charge < -0.3 is 5.32 Å². The van der Waals surface area contributed by atoms with Gasteiger partial charge in [0.25, 0.3) is 0 Å². The van der Waals surface area contributed by atoms with E-state index in [0.717, 1.165) is 10.7 Å². The van der Waals surface area contributed by atoms with Gasteiger partial charge in [-0.2, -0.15) is 13.2 Å². The maximum absolute atomic E-state index is 13.0. The van der Waals surface area contributed by atoms with Crippen LogP contribution in [0.15, 0.2) is 5.38 Å². The van der Waals surface area contributed by atoms with E-state index >= 15 is 0 Å². The number of hydrogen-bond acceptors (Lipinski definition) is 3. The van der Waals surface area contributed by atoms with Gasteiger partial charge in [0.2, 0.25) is 5.91 Å². The molecule has 118 valence electrons. The van der Waals surface area contributed by atoms with E-state index in [2.05, 4.69) is 10.3 Å². The number of nitrogens with one attached hydrogen (secondary N) is 1. The zero-order valence-corrected chi connectivity index (χ0v) is 12.7. The summed E-state index contributed by atoms with van der Waals surface area (Å²) in [6.45, 7) is 2.23. The van der Waals surface area contributed by atoms with Crippen LogP contribution in [0.5, 0.6) is 0 Å². The standard InChI is InChI=1S/C14H19F3N2OS/c1-9-19-10(8-21-9)6-7-18-13(20)11-4-2-3-5-12(11)14(15,16)17/h8,11-12H,2-7H2,1H3,(H,18,20)/t11-,12-/m0/s1. The Hall–Kier alpha value is -1.11. The van der Waals surface area contributed by atoms with Crippen molar-refractivity contribution in [3.05, 3.63) is 16.1 Å². The highest BCUT2D eigenvalue weighted by Crippen LogP contribution is 2.41. The smallest absolute Gasteiger partial charge is 0.355 e. The average Bonchev–Trinajstić information content (AvgIpc) is 2.83. The van der Waals surface area contributed by atoms with Crippen molar-refractivity contribution in [3.8, 4) is 0 Å². The molecule has 7 heteroatoms. The van der Waals surface area contributed by atoms with E-state index in [0.29, 0.717) is 32.2 Å². The number of carbonyl (C=O) groups is 1. The molecule has 3 nitrogen and oxygen atoms in total. The summed E-state index contributed by atoms with van der Waals surface area (Å²) in [7, 11) is 0. The summed E-state index contributed by atoms with van der Waals surface area (Å²) in [5.41, 5.74) is 0.869. The predicted octanol–water partition coefficient (Wildman–Crippen LogP) is 3.48. The molecule has 1 heterocycles. The second kappa shape index (κ2) is 6.77. The molecule has 0 bridgehead atoms. The van der Waals surface area contributed by atoms with Crippen molar-refractivity contribution in [2.24, 2.45) is 11.8 Å². The molecule has 0 spiro atoms. The maximum atomic E-state index is 13.0. The summed E-state index contributed by atoms with van der Waals surface area (Å²) in [5.74, 6) is -2.90. The highest BCUT2D eigenvalue weighted by molar-refractivity contribution is 7.09. The van der Waals surface area contributed by atoms with Crippen LogP contribution in [0.1, 0.15) is 36.4 Å². The molecule has 0 aromatic carbocycles. The minimum Gasteiger partial charge on any atom is -0.355 e. The lowest BCUT2D eigenvalue weighted by Crippen LogP contribution is -2.43. The molecular formula is C14H19F3N2OS. The van der Waals surface area contributed by atoms with Gasteiger partial charge in [-0.1, -0.05) is 12.8 Å². The molecule has 2 rings (SSSR count). The summed E-state index contributed by atoms with van der Waals surface area (Å²) in [5, 5.41) is 5.49. The molecule has 1 amide bonds. The SMILES string of the molecule is Cc1nc(CCNC(=O)[C@H]2CCCC[C@@H]2C(F)(F)F)cs1. The third-order valence-electron chi connectivity index (χ3n) is 3.87. The number of thiazole rings is 1. The Morgan fingerprint density at radius 3 is 2.76 bits per heavy atom. The minimum atomic E-state index is -4.28. The fourth-order valence-electron chi connectivity index (χ4n) is 2.80. The molecule has 1 aliphatic rings. The summed E-state index contributed by atoms with van der Waals surface area (Å²) in [6.07, 6.45) is -2.10. The summed E-state index contributed by atoms with van der Waals surface area (Å²) in [6, 6.07) is 0. The van der Waals surface area contributed by atoms with E-state index in [1.54, 1.807) is 0 Å². The van der Waals surface area contributed by atoms with Gasteiger partial charge in [0, 0.05) is 24.3 Å². The van der Waals surface area contributed by atoms with Gasteiger partial charge in [-0.25, -0.2) is 4.98 Å². The number of halogens is 3. The second-order valence-electron chi connectivity index (χ2n) is 5.44. The highest BCUT2D eigenvalue weighted by Gasteiger charge is 2.47. The molecule has 21 heavy (non-hydrogen) atoms. The molecule has 1 aliphatic carbocycles. The third kappa shape index (κ3) is 4.43. The van der Waals surface area contributed by atoms with Gasteiger partial charge >= 0.3 is 6.18 Å². The van der Waals surface area contributed by atoms with Crippen molar-refractivity contribution in [3.63, 3.8) is 0 Å². The zero-order valence-electron chi connectivity index (χ0n) is 11.9. The number of alkyl halides is 3. The van der Waals surface area contributed by atoms with E-state index < -0.39 is 23.9 Å². The Labute approximate surface area is 126 Å². The van der Waals surface area contributed by atoms with Gasteiger partial charge in [0.15, 0.2) is 0 Å². The molecule has 1 saturated carbocycles. The van der Waals surface area contributed by atoms with Gasteiger partial charge in [-0.3, -0.25) is 4.79 Å². The van der Waals surface area contributed by atoms with Crippen LogP contribution in [-0.4, -0.2) is 23.6 Å².